The fourth-order valence-electron chi connectivity index (χ4n) is 1.80. The number of hydrogen-bond donors (Lipinski definition) is 2. The van der Waals surface area contributed by atoms with Crippen LogP contribution in [0.25, 0.3) is 0 Å². The molecule has 21 heavy (non-hydrogen) atoms. The van der Waals surface area contributed by atoms with Crippen LogP contribution >= 0.6 is 0 Å². The van der Waals surface area contributed by atoms with Crippen molar-refractivity contribution in [1.29, 1.82) is 0 Å². The summed E-state index contributed by atoms with van der Waals surface area (Å²) in [6.07, 6.45) is 0. The summed E-state index contributed by atoms with van der Waals surface area (Å²) in [6.45, 7) is 2.56. The lowest BCUT2D eigenvalue weighted by atomic mass is 10.3. The van der Waals surface area contributed by atoms with Crippen molar-refractivity contribution >= 4 is 17.2 Å². The smallest absolute Gasteiger partial charge is 0.290 e. The molecule has 0 spiro atoms. The summed E-state index contributed by atoms with van der Waals surface area (Å²) in [5.41, 5.74) is 6.68. The molecule has 0 radical (unpaired) electrons. The Bertz CT molecular complexity index is 646. The molecule has 0 fully saturated rings. The lowest BCUT2D eigenvalue weighted by Crippen LogP contribution is -2.12. The molecule has 0 bridgehead atoms. The Morgan fingerprint density at radius 2 is 2.19 bits per heavy atom. The third-order valence-electron chi connectivity index (χ3n) is 2.79. The first-order chi connectivity index (χ1) is 10.1. The van der Waals surface area contributed by atoms with Crippen LogP contribution in [0.2, 0.25) is 0 Å². The molecule has 110 valence electrons. The minimum Gasteiger partial charge on any atom is -0.492 e. The third kappa shape index (κ3) is 4.07. The molecule has 2 aromatic rings. The molecule has 0 saturated carbocycles. The van der Waals surface area contributed by atoms with Crippen LogP contribution in [0.3, 0.4) is 0 Å². The van der Waals surface area contributed by atoms with Crippen molar-refractivity contribution in [2.24, 2.45) is 0 Å². The molecule has 1 heterocycles. The number of nitrogen functional groups attached to an aromatic ring is 1. The summed E-state index contributed by atoms with van der Waals surface area (Å²) in [5, 5.41) is 13.7. The molecule has 0 aliphatic heterocycles. The van der Waals surface area contributed by atoms with Crippen molar-refractivity contribution in [3.63, 3.8) is 0 Å². The minimum atomic E-state index is -0.449. The molecule has 0 saturated heterocycles. The number of pyridine rings is 1. The number of nitrogens with zero attached hydrogens (tertiary/aromatic N) is 2. The maximum absolute atomic E-state index is 10.7. The zero-order valence-corrected chi connectivity index (χ0v) is 11.6. The number of nitrogens with two attached hydrogens (primary N) is 1. The molecule has 0 aliphatic rings. The molecule has 0 amide bonds. The van der Waals surface area contributed by atoms with Crippen LogP contribution < -0.4 is 15.8 Å². The lowest BCUT2D eigenvalue weighted by molar-refractivity contribution is -0.385. The van der Waals surface area contributed by atoms with Gasteiger partial charge in [0.05, 0.1) is 11.5 Å². The number of hydrogen-bond acceptors (Lipinski definition) is 6. The predicted octanol–water partition coefficient (Wildman–Crippen LogP) is 2.37. The van der Waals surface area contributed by atoms with Gasteiger partial charge in [-0.05, 0) is 25.1 Å². The topological polar surface area (TPSA) is 103 Å². The quantitative estimate of drug-likeness (QED) is 0.366. The fraction of sp³-hybridized carbons (Fsp3) is 0.214. The molecule has 1 aromatic carbocycles. The first-order valence-corrected chi connectivity index (χ1v) is 6.40. The van der Waals surface area contributed by atoms with Gasteiger partial charge in [-0.25, -0.2) is 4.98 Å². The van der Waals surface area contributed by atoms with Crippen LogP contribution in [-0.2, 0) is 0 Å². The summed E-state index contributed by atoms with van der Waals surface area (Å²) in [4.78, 5) is 14.4. The van der Waals surface area contributed by atoms with E-state index < -0.39 is 4.92 Å². The van der Waals surface area contributed by atoms with Gasteiger partial charge in [0.25, 0.3) is 5.69 Å². The van der Waals surface area contributed by atoms with Crippen LogP contribution in [0.15, 0.2) is 36.4 Å². The van der Waals surface area contributed by atoms with E-state index in [1.165, 1.54) is 6.07 Å². The second kappa shape index (κ2) is 6.56. The summed E-state index contributed by atoms with van der Waals surface area (Å²) < 4.78 is 5.52. The maximum Gasteiger partial charge on any atom is 0.290 e. The van der Waals surface area contributed by atoms with Crippen molar-refractivity contribution in [3.8, 4) is 5.75 Å². The Balaban J connectivity index is 1.84. The Hall–Kier alpha value is -2.83. The Morgan fingerprint density at radius 3 is 2.86 bits per heavy atom. The van der Waals surface area contributed by atoms with Gasteiger partial charge in [-0.1, -0.05) is 6.07 Å². The number of nitrogens with one attached hydrogen (secondary N) is 1. The first-order valence-electron chi connectivity index (χ1n) is 6.40. The molecule has 2 rings (SSSR count). The highest BCUT2D eigenvalue weighted by atomic mass is 16.6. The number of benzene rings is 1. The van der Waals surface area contributed by atoms with E-state index in [2.05, 4.69) is 10.3 Å². The van der Waals surface area contributed by atoms with Gasteiger partial charge in [-0.15, -0.1) is 0 Å². The van der Waals surface area contributed by atoms with Gasteiger partial charge in [-0.3, -0.25) is 10.1 Å². The van der Waals surface area contributed by atoms with Crippen molar-refractivity contribution in [2.45, 2.75) is 6.92 Å². The summed E-state index contributed by atoms with van der Waals surface area (Å²) in [6, 6.07) is 10.2. The van der Waals surface area contributed by atoms with Crippen molar-refractivity contribution in [2.75, 3.05) is 24.2 Å². The molecule has 0 atom stereocenters. The highest BCUT2D eigenvalue weighted by Gasteiger charge is 2.11. The maximum atomic E-state index is 10.7. The number of rotatable bonds is 6. The van der Waals surface area contributed by atoms with Gasteiger partial charge in [-0.2, -0.15) is 0 Å². The average molecular weight is 288 g/mol. The van der Waals surface area contributed by atoms with Crippen LogP contribution in [0.4, 0.5) is 17.2 Å². The van der Waals surface area contributed by atoms with E-state index in [1.54, 1.807) is 25.1 Å². The van der Waals surface area contributed by atoms with Crippen LogP contribution in [0.1, 0.15) is 5.69 Å². The summed E-state index contributed by atoms with van der Waals surface area (Å²) in [5.74, 6) is 1.28. The Labute approximate surface area is 121 Å². The normalized spacial score (nSPS) is 10.1. The molecule has 0 aliphatic carbocycles. The number of anilines is 2. The van der Waals surface area contributed by atoms with Crippen LogP contribution in [-0.4, -0.2) is 23.1 Å². The molecule has 7 nitrogen and oxygen atoms in total. The van der Waals surface area contributed by atoms with Crippen molar-refractivity contribution in [3.05, 3.63) is 52.2 Å². The third-order valence-corrected chi connectivity index (χ3v) is 2.79. The van der Waals surface area contributed by atoms with E-state index in [1.807, 2.05) is 12.1 Å². The van der Waals surface area contributed by atoms with Gasteiger partial charge in [0, 0.05) is 17.8 Å². The second-order valence-electron chi connectivity index (χ2n) is 4.41. The second-order valence-corrected chi connectivity index (χ2v) is 4.41. The molecule has 0 unspecified atom stereocenters. The monoisotopic (exact) mass is 288 g/mol. The summed E-state index contributed by atoms with van der Waals surface area (Å²) >= 11 is 0. The van der Waals surface area contributed by atoms with Crippen LogP contribution in [0.5, 0.6) is 5.75 Å². The van der Waals surface area contributed by atoms with E-state index in [4.69, 9.17) is 10.5 Å². The number of ether oxygens (including phenoxy) is 1. The first kappa shape index (κ1) is 14.6. The zero-order chi connectivity index (χ0) is 15.2. The van der Waals surface area contributed by atoms with E-state index in [0.717, 1.165) is 0 Å². The van der Waals surface area contributed by atoms with Crippen molar-refractivity contribution in [1.82, 2.24) is 4.98 Å². The lowest BCUT2D eigenvalue weighted by Gasteiger charge is -2.09. The number of aryl methyl sites for hydroxylation is 1. The average Bonchev–Trinajstić information content (AvgIpc) is 2.43. The highest BCUT2D eigenvalue weighted by Crippen LogP contribution is 2.18. The molecular formula is C14H16N4O3. The van der Waals surface area contributed by atoms with E-state index >= 15 is 0 Å². The number of nitro groups is 1. The standard InChI is InChI=1S/C14H16N4O3/c1-10-13(18(19)20)5-6-14(17-10)16-7-8-21-12-4-2-3-11(15)9-12/h2-6,9H,7-8,15H2,1H3,(H,16,17). The SMILES string of the molecule is Cc1nc(NCCOc2cccc(N)c2)ccc1[N+](=O)[O-]. The van der Waals surface area contributed by atoms with Gasteiger partial charge in [0.2, 0.25) is 0 Å². The predicted molar refractivity (Wildman–Crippen MR) is 80.5 cm³/mol. The largest absolute Gasteiger partial charge is 0.492 e. The highest BCUT2D eigenvalue weighted by molar-refractivity contribution is 5.45. The van der Waals surface area contributed by atoms with E-state index in [9.17, 15) is 10.1 Å². The minimum absolute atomic E-state index is 0.0107. The molecule has 1 aromatic heterocycles. The van der Waals surface area contributed by atoms with E-state index in [0.29, 0.717) is 36.1 Å². The Morgan fingerprint density at radius 1 is 1.38 bits per heavy atom. The van der Waals surface area contributed by atoms with Crippen LogP contribution in [0, 0.1) is 17.0 Å². The number of aromatic nitrogens is 1. The van der Waals surface area contributed by atoms with Crippen molar-refractivity contribution < 1.29 is 9.66 Å². The Kier molecular flexibility index (Phi) is 4.55. The van der Waals surface area contributed by atoms with Gasteiger partial charge >= 0.3 is 0 Å². The fourth-order valence-corrected chi connectivity index (χ4v) is 1.80. The van der Waals surface area contributed by atoms with E-state index in [-0.39, 0.29) is 5.69 Å². The molecule has 7 heteroatoms. The molecular weight excluding hydrogens is 272 g/mol. The van der Waals surface area contributed by atoms with Gasteiger partial charge < -0.3 is 15.8 Å². The molecule has 3 N–H and O–H groups in total. The van der Waals surface area contributed by atoms with Gasteiger partial charge in [0.1, 0.15) is 23.9 Å². The summed E-state index contributed by atoms with van der Waals surface area (Å²) in [7, 11) is 0. The van der Waals surface area contributed by atoms with Gasteiger partial charge in [0.15, 0.2) is 0 Å². The zero-order valence-electron chi connectivity index (χ0n) is 11.6.